The van der Waals surface area contributed by atoms with Crippen molar-refractivity contribution in [1.82, 2.24) is 4.72 Å². The van der Waals surface area contributed by atoms with Gasteiger partial charge in [-0.05, 0) is 24.1 Å². The maximum atomic E-state index is 11.8. The molecule has 0 unspecified atom stereocenters. The van der Waals surface area contributed by atoms with Gasteiger partial charge in [-0.1, -0.05) is 49.9 Å². The van der Waals surface area contributed by atoms with Crippen molar-refractivity contribution in [3.05, 3.63) is 34.9 Å². The van der Waals surface area contributed by atoms with Gasteiger partial charge in [0.05, 0.1) is 5.75 Å². The van der Waals surface area contributed by atoms with Crippen LogP contribution < -0.4 is 4.72 Å². The van der Waals surface area contributed by atoms with Crippen LogP contribution in [0.4, 0.5) is 0 Å². The number of nitrogens with one attached hydrogen (secondary N) is 1. The van der Waals surface area contributed by atoms with E-state index in [0.717, 1.165) is 25.7 Å². The van der Waals surface area contributed by atoms with Crippen molar-refractivity contribution in [2.24, 2.45) is 0 Å². The largest absolute Gasteiger partial charge is 0.215 e. The van der Waals surface area contributed by atoms with E-state index in [2.05, 4.69) is 11.6 Å². The van der Waals surface area contributed by atoms with Crippen LogP contribution >= 0.6 is 11.6 Å². The molecule has 0 bridgehead atoms. The van der Waals surface area contributed by atoms with Gasteiger partial charge in [0.25, 0.3) is 0 Å². The molecule has 5 heteroatoms. The highest BCUT2D eigenvalue weighted by molar-refractivity contribution is 7.88. The molecule has 102 valence electrons. The highest BCUT2D eigenvalue weighted by atomic mass is 35.5. The maximum absolute atomic E-state index is 11.8. The Morgan fingerprint density at radius 2 is 2.00 bits per heavy atom. The molecule has 1 aromatic rings. The molecule has 0 saturated carbocycles. The fourth-order valence-electron chi connectivity index (χ4n) is 1.68. The van der Waals surface area contributed by atoms with E-state index in [9.17, 15) is 8.42 Å². The van der Waals surface area contributed by atoms with Crippen molar-refractivity contribution in [1.29, 1.82) is 0 Å². The Bertz CT molecular complexity index is 460. The Hall–Kier alpha value is -0.580. The first-order chi connectivity index (χ1) is 8.53. The Morgan fingerprint density at radius 1 is 1.22 bits per heavy atom. The third-order valence-corrected chi connectivity index (χ3v) is 4.19. The predicted octanol–water partition coefficient (Wildman–Crippen LogP) is 3.34. The van der Waals surface area contributed by atoms with Gasteiger partial charge >= 0.3 is 0 Å². The number of hydrogen-bond acceptors (Lipinski definition) is 2. The van der Waals surface area contributed by atoms with E-state index in [1.54, 1.807) is 24.3 Å². The van der Waals surface area contributed by atoms with E-state index in [0.29, 0.717) is 17.1 Å². The van der Waals surface area contributed by atoms with Gasteiger partial charge in [0.2, 0.25) is 10.0 Å². The van der Waals surface area contributed by atoms with Gasteiger partial charge in [0.15, 0.2) is 0 Å². The fraction of sp³-hybridized carbons (Fsp3) is 0.538. The van der Waals surface area contributed by atoms with Gasteiger partial charge in [0, 0.05) is 11.6 Å². The lowest BCUT2D eigenvalue weighted by Crippen LogP contribution is -2.26. The summed E-state index contributed by atoms with van der Waals surface area (Å²) >= 11 is 5.82. The maximum Gasteiger partial charge on any atom is 0.215 e. The molecule has 3 nitrogen and oxygen atoms in total. The second-order valence-electron chi connectivity index (χ2n) is 4.34. The molecule has 0 amide bonds. The topological polar surface area (TPSA) is 46.2 Å². The first-order valence-corrected chi connectivity index (χ1v) is 8.28. The van der Waals surface area contributed by atoms with Gasteiger partial charge in [-0.2, -0.15) is 0 Å². The third kappa shape index (κ3) is 6.38. The minimum Gasteiger partial charge on any atom is -0.215 e. The number of halogens is 1. The van der Waals surface area contributed by atoms with Gasteiger partial charge in [0.1, 0.15) is 0 Å². The van der Waals surface area contributed by atoms with Crippen LogP contribution in [-0.2, 0) is 15.8 Å². The molecule has 1 rings (SSSR count). The minimum absolute atomic E-state index is 0.0126. The lowest BCUT2D eigenvalue weighted by atomic mass is 10.2. The molecule has 0 aliphatic heterocycles. The average molecular weight is 290 g/mol. The summed E-state index contributed by atoms with van der Waals surface area (Å²) in [6.07, 6.45) is 4.25. The summed E-state index contributed by atoms with van der Waals surface area (Å²) in [6.45, 7) is 2.65. The zero-order chi connectivity index (χ0) is 13.4. The standard InChI is InChI=1S/C13H20ClNO2S/c1-2-3-4-5-9-15-18(16,17)11-12-7-6-8-13(14)10-12/h6-8,10,15H,2-5,9,11H2,1H3. The SMILES string of the molecule is CCCCCCNS(=O)(=O)Cc1cccc(Cl)c1. The molecule has 0 spiro atoms. The highest BCUT2D eigenvalue weighted by Crippen LogP contribution is 2.12. The Kier molecular flexibility index (Phi) is 6.68. The average Bonchev–Trinajstić information content (AvgIpc) is 2.28. The summed E-state index contributed by atoms with van der Waals surface area (Å²) in [7, 11) is -3.25. The van der Waals surface area contributed by atoms with Crippen LogP contribution in [0.15, 0.2) is 24.3 Å². The summed E-state index contributed by atoms with van der Waals surface area (Å²) in [5, 5.41) is 0.561. The molecule has 1 aromatic carbocycles. The van der Waals surface area contributed by atoms with Gasteiger partial charge in [-0.25, -0.2) is 13.1 Å². The molecule has 18 heavy (non-hydrogen) atoms. The molecule has 0 atom stereocenters. The van der Waals surface area contributed by atoms with Gasteiger partial charge < -0.3 is 0 Å². The first-order valence-electron chi connectivity index (χ1n) is 6.25. The van der Waals surface area contributed by atoms with Crippen LogP contribution in [0.1, 0.15) is 38.2 Å². The minimum atomic E-state index is -3.25. The summed E-state index contributed by atoms with van der Waals surface area (Å²) < 4.78 is 26.2. The van der Waals surface area contributed by atoms with Crippen molar-refractivity contribution in [2.75, 3.05) is 6.54 Å². The summed E-state index contributed by atoms with van der Waals surface area (Å²) in [5.41, 5.74) is 0.712. The van der Waals surface area contributed by atoms with Crippen LogP contribution in [0, 0.1) is 0 Å². The Labute approximate surface area is 115 Å². The second kappa shape index (κ2) is 7.77. The van der Waals surface area contributed by atoms with E-state index >= 15 is 0 Å². The summed E-state index contributed by atoms with van der Waals surface area (Å²) in [4.78, 5) is 0. The highest BCUT2D eigenvalue weighted by Gasteiger charge is 2.10. The van der Waals surface area contributed by atoms with E-state index in [1.165, 1.54) is 0 Å². The summed E-state index contributed by atoms with van der Waals surface area (Å²) in [6, 6.07) is 6.93. The van der Waals surface area contributed by atoms with Crippen LogP contribution in [0.3, 0.4) is 0 Å². The van der Waals surface area contributed by atoms with Crippen LogP contribution in [0.25, 0.3) is 0 Å². The number of rotatable bonds is 8. The Balaban J connectivity index is 2.40. The molecule has 1 N–H and O–H groups in total. The van der Waals surface area contributed by atoms with Crippen molar-refractivity contribution in [3.63, 3.8) is 0 Å². The first kappa shape index (κ1) is 15.5. The van der Waals surface area contributed by atoms with E-state index in [1.807, 2.05) is 0 Å². The third-order valence-electron chi connectivity index (χ3n) is 2.60. The van der Waals surface area contributed by atoms with Gasteiger partial charge in [-0.3, -0.25) is 0 Å². The molecule has 0 radical (unpaired) electrons. The van der Waals surface area contributed by atoms with Crippen LogP contribution in [0.2, 0.25) is 5.02 Å². The van der Waals surface area contributed by atoms with Crippen LogP contribution in [-0.4, -0.2) is 15.0 Å². The molecule has 0 fully saturated rings. The van der Waals surface area contributed by atoms with Gasteiger partial charge in [-0.15, -0.1) is 0 Å². The molecular weight excluding hydrogens is 270 g/mol. The molecular formula is C13H20ClNO2S. The predicted molar refractivity (Wildman–Crippen MR) is 76.2 cm³/mol. The van der Waals surface area contributed by atoms with E-state index in [4.69, 9.17) is 11.6 Å². The quantitative estimate of drug-likeness (QED) is 0.746. The van der Waals surface area contributed by atoms with Crippen molar-refractivity contribution < 1.29 is 8.42 Å². The molecule has 0 aliphatic carbocycles. The fourth-order valence-corrected chi connectivity index (χ4v) is 3.07. The van der Waals surface area contributed by atoms with Crippen molar-refractivity contribution in [3.8, 4) is 0 Å². The molecule has 0 heterocycles. The van der Waals surface area contributed by atoms with Crippen LogP contribution in [0.5, 0.6) is 0 Å². The zero-order valence-electron chi connectivity index (χ0n) is 10.7. The lowest BCUT2D eigenvalue weighted by Gasteiger charge is -2.06. The molecule has 0 saturated heterocycles. The van der Waals surface area contributed by atoms with Crippen molar-refractivity contribution >= 4 is 21.6 Å². The second-order valence-corrected chi connectivity index (χ2v) is 6.59. The normalized spacial score (nSPS) is 11.7. The number of unbranched alkanes of at least 4 members (excludes halogenated alkanes) is 3. The Morgan fingerprint density at radius 3 is 2.67 bits per heavy atom. The van der Waals surface area contributed by atoms with E-state index in [-0.39, 0.29) is 5.75 Å². The number of hydrogen-bond donors (Lipinski definition) is 1. The lowest BCUT2D eigenvalue weighted by molar-refractivity contribution is 0.573. The monoisotopic (exact) mass is 289 g/mol. The number of sulfonamides is 1. The van der Waals surface area contributed by atoms with Crippen molar-refractivity contribution in [2.45, 2.75) is 38.4 Å². The zero-order valence-corrected chi connectivity index (χ0v) is 12.2. The molecule has 0 aliphatic rings. The molecule has 0 aromatic heterocycles. The van der Waals surface area contributed by atoms with E-state index < -0.39 is 10.0 Å². The summed E-state index contributed by atoms with van der Waals surface area (Å²) in [5.74, 6) is -0.0126. The number of benzene rings is 1. The smallest absolute Gasteiger partial charge is 0.215 e.